The average Bonchev–Trinajstić information content (AvgIpc) is 3.16. The smallest absolute Gasteiger partial charge is 0.307 e. The number of amides is 1. The average molecular weight is 472 g/mol. The van der Waals surface area contributed by atoms with Gasteiger partial charge in [0.25, 0.3) is 5.69 Å². The Labute approximate surface area is 178 Å². The summed E-state index contributed by atoms with van der Waals surface area (Å²) in [7, 11) is 1.49. The molecule has 1 heterocycles. The molecule has 0 atom stereocenters. The lowest BCUT2D eigenvalue weighted by molar-refractivity contribution is -0.384. The number of furan rings is 1. The molecule has 2 aromatic carbocycles. The van der Waals surface area contributed by atoms with Crippen LogP contribution in [0.5, 0.6) is 11.5 Å². The molecular weight excluding hydrogens is 458 g/mol. The van der Waals surface area contributed by atoms with Crippen LogP contribution in [0.3, 0.4) is 0 Å². The van der Waals surface area contributed by atoms with Gasteiger partial charge in [-0.05, 0) is 40.2 Å². The van der Waals surface area contributed by atoms with Crippen LogP contribution in [0.2, 0.25) is 0 Å². The van der Waals surface area contributed by atoms with E-state index in [2.05, 4.69) is 32.4 Å². The second kappa shape index (κ2) is 9.11. The third kappa shape index (κ3) is 4.59. The van der Waals surface area contributed by atoms with Crippen molar-refractivity contribution in [3.05, 3.63) is 62.3 Å². The molecule has 0 saturated heterocycles. The molecule has 3 aromatic rings. The van der Waals surface area contributed by atoms with Crippen molar-refractivity contribution in [3.8, 4) is 23.8 Å². The van der Waals surface area contributed by atoms with Crippen molar-refractivity contribution < 1.29 is 23.6 Å². The van der Waals surface area contributed by atoms with Gasteiger partial charge in [-0.1, -0.05) is 5.92 Å². The molecule has 30 heavy (non-hydrogen) atoms. The fourth-order valence-electron chi connectivity index (χ4n) is 2.51. The van der Waals surface area contributed by atoms with Crippen molar-refractivity contribution in [3.63, 3.8) is 0 Å². The first-order valence-corrected chi connectivity index (χ1v) is 9.17. The van der Waals surface area contributed by atoms with E-state index >= 15 is 0 Å². The minimum Gasteiger partial charge on any atom is -0.493 e. The van der Waals surface area contributed by atoms with Crippen LogP contribution in [0.25, 0.3) is 11.0 Å². The lowest BCUT2D eigenvalue weighted by atomic mass is 10.2. The molecule has 1 aromatic heterocycles. The number of carbonyl (C=O) groups is 1. The molecule has 0 radical (unpaired) electrons. The van der Waals surface area contributed by atoms with Crippen molar-refractivity contribution >= 4 is 44.7 Å². The Balaban J connectivity index is 1.75. The highest BCUT2D eigenvalue weighted by Crippen LogP contribution is 2.33. The van der Waals surface area contributed by atoms with Crippen LogP contribution in [0.15, 0.2) is 50.4 Å². The maximum Gasteiger partial charge on any atom is 0.307 e. The topological polar surface area (TPSA) is 116 Å². The molecule has 0 spiro atoms. The van der Waals surface area contributed by atoms with E-state index in [4.69, 9.17) is 20.3 Å². The molecule has 0 aliphatic rings. The Hall–Kier alpha value is -3.84. The van der Waals surface area contributed by atoms with E-state index in [0.717, 1.165) is 0 Å². The van der Waals surface area contributed by atoms with E-state index < -0.39 is 10.8 Å². The van der Waals surface area contributed by atoms with Gasteiger partial charge in [0.15, 0.2) is 17.3 Å². The molecule has 0 unspecified atom stereocenters. The van der Waals surface area contributed by atoms with E-state index in [0.29, 0.717) is 32.5 Å². The third-order valence-corrected chi connectivity index (χ3v) is 4.58. The summed E-state index contributed by atoms with van der Waals surface area (Å²) in [5.74, 6) is 2.64. The number of nitrogens with zero attached hydrogens (tertiary/aromatic N) is 2. The number of carbonyl (C=O) groups excluding carboxylic acids is 1. The largest absolute Gasteiger partial charge is 0.493 e. The number of nitro benzene ring substituents is 1. The van der Waals surface area contributed by atoms with Gasteiger partial charge in [0, 0.05) is 27.6 Å². The summed E-state index contributed by atoms with van der Waals surface area (Å²) >= 11 is 3.39. The molecule has 152 valence electrons. The SMILES string of the molecule is C#CCOc1cc(Br)c(/C=N\NC(=O)c2cc3cc([N+](=O)[O-])ccc3o2)cc1OC. The predicted octanol–water partition coefficient (Wildman–Crippen LogP) is 3.89. The van der Waals surface area contributed by atoms with Gasteiger partial charge in [-0.2, -0.15) is 5.10 Å². The Bertz CT molecular complexity index is 1200. The maximum absolute atomic E-state index is 12.3. The number of nitrogens with one attached hydrogen (secondary N) is 1. The Morgan fingerprint density at radius 3 is 2.87 bits per heavy atom. The highest BCUT2D eigenvalue weighted by atomic mass is 79.9. The van der Waals surface area contributed by atoms with E-state index in [1.807, 2.05) is 0 Å². The molecule has 0 saturated carbocycles. The molecule has 9 nitrogen and oxygen atoms in total. The van der Waals surface area contributed by atoms with Crippen LogP contribution < -0.4 is 14.9 Å². The van der Waals surface area contributed by atoms with E-state index in [9.17, 15) is 14.9 Å². The number of rotatable bonds is 7. The summed E-state index contributed by atoms with van der Waals surface area (Å²) in [5.41, 5.74) is 3.21. The molecule has 0 fully saturated rings. The fraction of sp³-hybridized carbons (Fsp3) is 0.100. The summed E-state index contributed by atoms with van der Waals surface area (Å²) in [6, 6.07) is 8.79. The van der Waals surface area contributed by atoms with Crippen LogP contribution in [-0.2, 0) is 0 Å². The summed E-state index contributed by atoms with van der Waals surface area (Å²) in [5, 5.41) is 15.2. The summed E-state index contributed by atoms with van der Waals surface area (Å²) in [6.45, 7) is 0.0902. The number of fused-ring (bicyclic) bond motifs is 1. The van der Waals surface area contributed by atoms with E-state index in [1.165, 1.54) is 37.6 Å². The van der Waals surface area contributed by atoms with Crippen molar-refractivity contribution in [1.82, 2.24) is 5.43 Å². The maximum atomic E-state index is 12.3. The monoisotopic (exact) mass is 471 g/mol. The number of nitro groups is 1. The van der Waals surface area contributed by atoms with Gasteiger partial charge in [-0.3, -0.25) is 14.9 Å². The van der Waals surface area contributed by atoms with Crippen molar-refractivity contribution in [2.45, 2.75) is 0 Å². The van der Waals surface area contributed by atoms with Gasteiger partial charge in [0.05, 0.1) is 18.2 Å². The van der Waals surface area contributed by atoms with Gasteiger partial charge in [-0.15, -0.1) is 6.42 Å². The van der Waals surface area contributed by atoms with Gasteiger partial charge >= 0.3 is 5.91 Å². The minimum atomic E-state index is -0.609. The summed E-state index contributed by atoms with van der Waals surface area (Å²) < 4.78 is 16.7. The van der Waals surface area contributed by atoms with Gasteiger partial charge in [0.2, 0.25) is 0 Å². The van der Waals surface area contributed by atoms with Gasteiger partial charge in [0.1, 0.15) is 12.2 Å². The number of benzene rings is 2. The zero-order valence-electron chi connectivity index (χ0n) is 15.5. The number of halogens is 1. The standard InChI is InChI=1S/C20H14BrN3O6/c1-3-6-29-18-10-15(21)13(9-17(18)28-2)11-22-23-20(25)19-8-12-7-14(24(26)27)4-5-16(12)30-19/h1,4-5,7-11H,6H2,2H3,(H,23,25)/b22-11-. The summed E-state index contributed by atoms with van der Waals surface area (Å²) in [4.78, 5) is 22.6. The molecule has 0 aliphatic heterocycles. The van der Waals surface area contributed by atoms with Crippen molar-refractivity contribution in [2.24, 2.45) is 5.10 Å². The zero-order chi connectivity index (χ0) is 21.7. The molecule has 0 aliphatic carbocycles. The summed E-state index contributed by atoms with van der Waals surface area (Å²) in [6.07, 6.45) is 6.60. The van der Waals surface area contributed by atoms with Crippen molar-refractivity contribution in [1.29, 1.82) is 0 Å². The minimum absolute atomic E-state index is 0.0303. The number of hydrogen-bond acceptors (Lipinski definition) is 7. The first-order chi connectivity index (χ1) is 14.4. The molecule has 1 N–H and O–H groups in total. The Morgan fingerprint density at radius 1 is 1.37 bits per heavy atom. The van der Waals surface area contributed by atoms with Gasteiger partial charge in [-0.25, -0.2) is 5.43 Å². The molecule has 10 heteroatoms. The number of terminal acetylenes is 1. The zero-order valence-corrected chi connectivity index (χ0v) is 17.1. The van der Waals surface area contributed by atoms with E-state index in [1.54, 1.807) is 12.1 Å². The molecular formula is C20H14BrN3O6. The quantitative estimate of drug-likeness (QED) is 0.242. The first-order valence-electron chi connectivity index (χ1n) is 8.38. The van der Waals surface area contributed by atoms with Crippen LogP contribution in [0.4, 0.5) is 5.69 Å². The van der Waals surface area contributed by atoms with E-state index in [-0.39, 0.29) is 18.1 Å². The number of hydrogen-bond donors (Lipinski definition) is 1. The van der Waals surface area contributed by atoms with Crippen LogP contribution in [0.1, 0.15) is 16.1 Å². The fourth-order valence-corrected chi connectivity index (χ4v) is 2.94. The molecule has 0 bridgehead atoms. The number of hydrazone groups is 1. The second-order valence-electron chi connectivity index (χ2n) is 5.81. The molecule has 1 amide bonds. The number of non-ortho nitro benzene ring substituents is 1. The normalized spacial score (nSPS) is 10.7. The first kappa shape index (κ1) is 20.9. The van der Waals surface area contributed by atoms with Crippen LogP contribution in [0, 0.1) is 22.5 Å². The van der Waals surface area contributed by atoms with Crippen molar-refractivity contribution in [2.75, 3.05) is 13.7 Å². The Kier molecular flexibility index (Phi) is 6.34. The van der Waals surface area contributed by atoms with Crippen LogP contribution in [-0.4, -0.2) is 30.8 Å². The highest BCUT2D eigenvalue weighted by Gasteiger charge is 2.15. The third-order valence-electron chi connectivity index (χ3n) is 3.90. The lowest BCUT2D eigenvalue weighted by Gasteiger charge is -2.10. The highest BCUT2D eigenvalue weighted by molar-refractivity contribution is 9.10. The number of ether oxygens (including phenoxy) is 2. The Morgan fingerprint density at radius 2 is 2.17 bits per heavy atom. The second-order valence-corrected chi connectivity index (χ2v) is 6.66. The lowest BCUT2D eigenvalue weighted by Crippen LogP contribution is -2.16. The van der Waals surface area contributed by atoms with Gasteiger partial charge < -0.3 is 13.9 Å². The molecule has 3 rings (SSSR count). The predicted molar refractivity (Wildman–Crippen MR) is 113 cm³/mol. The van der Waals surface area contributed by atoms with Crippen LogP contribution >= 0.6 is 15.9 Å². The number of methoxy groups -OCH3 is 1.